The van der Waals surface area contributed by atoms with E-state index in [2.05, 4.69) is 26.9 Å². The molecule has 1 saturated heterocycles. The van der Waals surface area contributed by atoms with Gasteiger partial charge in [-0.2, -0.15) is 0 Å². The molecule has 5 rings (SSSR count). The van der Waals surface area contributed by atoms with E-state index in [4.69, 9.17) is 9.47 Å². The van der Waals surface area contributed by atoms with Crippen LogP contribution in [0.4, 0.5) is 4.79 Å². The minimum atomic E-state index is -3.88. The number of likely N-dealkylation sites (tertiary alicyclic amines) is 1. The lowest BCUT2D eigenvalue weighted by Crippen LogP contribution is -2.60. The van der Waals surface area contributed by atoms with Gasteiger partial charge >= 0.3 is 6.09 Å². The Hall–Kier alpha value is -4.20. The van der Waals surface area contributed by atoms with Crippen LogP contribution in [0, 0.1) is 11.3 Å². The van der Waals surface area contributed by atoms with Crippen LogP contribution in [0.15, 0.2) is 49.2 Å². The summed E-state index contributed by atoms with van der Waals surface area (Å²) >= 11 is 0. The summed E-state index contributed by atoms with van der Waals surface area (Å²) in [4.78, 5) is 60.5. The zero-order valence-corrected chi connectivity index (χ0v) is 29.1. The number of pyridine rings is 1. The number of rotatable bonds is 10. The zero-order valence-electron chi connectivity index (χ0n) is 28.2. The first-order chi connectivity index (χ1) is 22.3. The summed E-state index contributed by atoms with van der Waals surface area (Å²) in [6, 6.07) is 7.15. The molecule has 14 heteroatoms. The molecule has 0 spiro atoms. The van der Waals surface area contributed by atoms with Gasteiger partial charge in [0.1, 0.15) is 29.3 Å². The number of fused-ring (bicyclic) bond motifs is 1. The van der Waals surface area contributed by atoms with Crippen molar-refractivity contribution >= 4 is 44.6 Å². The Balaban J connectivity index is 1.43. The van der Waals surface area contributed by atoms with Crippen molar-refractivity contribution in [2.45, 2.75) is 102 Å². The van der Waals surface area contributed by atoms with E-state index in [1.165, 1.54) is 11.0 Å². The topological polar surface area (TPSA) is 173 Å². The minimum absolute atomic E-state index is 0.0233. The van der Waals surface area contributed by atoms with Crippen molar-refractivity contribution in [2.24, 2.45) is 11.3 Å². The molecule has 2 saturated carbocycles. The fourth-order valence-corrected chi connectivity index (χ4v) is 7.34. The molecule has 3 aliphatic rings. The van der Waals surface area contributed by atoms with Gasteiger partial charge in [-0.15, -0.1) is 6.58 Å². The van der Waals surface area contributed by atoms with Gasteiger partial charge in [-0.1, -0.05) is 45.0 Å². The highest BCUT2D eigenvalue weighted by molar-refractivity contribution is 7.91. The molecule has 3 N–H and O–H groups in total. The van der Waals surface area contributed by atoms with Crippen LogP contribution in [0.25, 0.3) is 10.8 Å². The molecule has 1 aliphatic heterocycles. The molecular formula is C34H45N5O8S. The minimum Gasteiger partial charge on any atom is -0.472 e. The molecular weight excluding hydrogens is 638 g/mol. The number of ether oxygens (including phenoxy) is 2. The standard InChI is InChI=1S/C34H45N5O8S/c1-8-21-18-34(21,30(42)38-48(44,45)23-13-14-23)37-27(40)25-17-22(46-28-24-12-10-9-11-20(24)15-16-35-28)19-39(25)29(41)26(32(2,3)4)36-31(43)47-33(5,6)7/h8-12,15-16,21-23,25-26H,1,13-14,17-19H2,2-7H3,(H,36,43)(H,37,40)(H,38,42)/t21-,22-,25+,26-,34-/m1/s1. The molecule has 3 fully saturated rings. The van der Waals surface area contributed by atoms with Crippen molar-refractivity contribution in [3.63, 3.8) is 0 Å². The second kappa shape index (κ2) is 12.7. The quantitative estimate of drug-likeness (QED) is 0.318. The number of hydrogen-bond donors (Lipinski definition) is 3. The maximum absolute atomic E-state index is 14.4. The Labute approximate surface area is 281 Å². The molecule has 1 aromatic carbocycles. The van der Waals surface area contributed by atoms with Crippen LogP contribution >= 0.6 is 0 Å². The highest BCUT2D eigenvalue weighted by Crippen LogP contribution is 2.45. The van der Waals surface area contributed by atoms with Gasteiger partial charge in [-0.05, 0) is 63.0 Å². The van der Waals surface area contributed by atoms with Crippen molar-refractivity contribution in [3.8, 4) is 5.88 Å². The molecule has 5 atom stereocenters. The van der Waals surface area contributed by atoms with Crippen LogP contribution < -0.4 is 20.1 Å². The van der Waals surface area contributed by atoms with Gasteiger partial charge in [0.15, 0.2) is 0 Å². The molecule has 260 valence electrons. The molecule has 0 bridgehead atoms. The lowest BCUT2D eigenvalue weighted by atomic mass is 9.85. The second-order valence-electron chi connectivity index (χ2n) is 14.9. The lowest BCUT2D eigenvalue weighted by Gasteiger charge is -2.36. The summed E-state index contributed by atoms with van der Waals surface area (Å²) in [5.41, 5.74) is -3.15. The van der Waals surface area contributed by atoms with E-state index in [1.807, 2.05) is 30.3 Å². The van der Waals surface area contributed by atoms with Crippen LogP contribution in [0.2, 0.25) is 0 Å². The van der Waals surface area contributed by atoms with Crippen molar-refractivity contribution in [2.75, 3.05) is 6.54 Å². The van der Waals surface area contributed by atoms with Crippen LogP contribution in [0.3, 0.4) is 0 Å². The predicted molar refractivity (Wildman–Crippen MR) is 178 cm³/mol. The highest BCUT2D eigenvalue weighted by atomic mass is 32.2. The maximum atomic E-state index is 14.4. The van der Waals surface area contributed by atoms with Crippen molar-refractivity contribution in [1.82, 2.24) is 25.2 Å². The Morgan fingerprint density at radius 3 is 2.38 bits per heavy atom. The largest absolute Gasteiger partial charge is 0.472 e. The first kappa shape index (κ1) is 35.1. The molecule has 48 heavy (non-hydrogen) atoms. The first-order valence-electron chi connectivity index (χ1n) is 16.2. The summed E-state index contributed by atoms with van der Waals surface area (Å²) in [6.07, 6.45) is 2.77. The van der Waals surface area contributed by atoms with Crippen LogP contribution in [-0.2, 0) is 29.1 Å². The van der Waals surface area contributed by atoms with Gasteiger partial charge in [-0.25, -0.2) is 18.2 Å². The number of carbonyl (C=O) groups is 4. The fourth-order valence-electron chi connectivity index (χ4n) is 5.98. The number of hydrogen-bond acceptors (Lipinski definition) is 9. The molecule has 2 aromatic rings. The number of aromatic nitrogens is 1. The molecule has 2 heterocycles. The van der Waals surface area contributed by atoms with E-state index in [-0.39, 0.29) is 19.4 Å². The summed E-state index contributed by atoms with van der Waals surface area (Å²) in [5.74, 6) is -2.22. The Bertz CT molecular complexity index is 1720. The van der Waals surface area contributed by atoms with Crippen molar-refractivity contribution in [1.29, 1.82) is 0 Å². The molecule has 0 unspecified atom stereocenters. The van der Waals surface area contributed by atoms with E-state index in [9.17, 15) is 27.6 Å². The summed E-state index contributed by atoms with van der Waals surface area (Å²) < 4.78 is 39.2. The van der Waals surface area contributed by atoms with Crippen molar-refractivity contribution < 1.29 is 37.1 Å². The lowest BCUT2D eigenvalue weighted by molar-refractivity contribution is -0.143. The van der Waals surface area contributed by atoms with Crippen LogP contribution in [0.5, 0.6) is 5.88 Å². The molecule has 0 radical (unpaired) electrons. The molecule has 4 amide bonds. The van der Waals surface area contributed by atoms with Gasteiger partial charge in [0.05, 0.1) is 11.8 Å². The number of nitrogens with one attached hydrogen (secondary N) is 3. The normalized spacial score (nSPS) is 24.7. The van der Waals surface area contributed by atoms with Gasteiger partial charge in [-0.3, -0.25) is 19.1 Å². The van der Waals surface area contributed by atoms with E-state index in [1.54, 1.807) is 47.7 Å². The monoisotopic (exact) mass is 683 g/mol. The van der Waals surface area contributed by atoms with E-state index >= 15 is 0 Å². The number of nitrogens with zero attached hydrogens (tertiary/aromatic N) is 2. The number of amides is 4. The summed E-state index contributed by atoms with van der Waals surface area (Å²) in [5, 5.41) is 6.49. The van der Waals surface area contributed by atoms with Gasteiger partial charge < -0.3 is 25.0 Å². The van der Waals surface area contributed by atoms with E-state index in [0.717, 1.165) is 10.8 Å². The predicted octanol–water partition coefficient (Wildman–Crippen LogP) is 3.19. The molecule has 1 aromatic heterocycles. The third-order valence-corrected chi connectivity index (χ3v) is 10.6. The van der Waals surface area contributed by atoms with E-state index in [0.29, 0.717) is 18.7 Å². The molecule has 13 nitrogen and oxygen atoms in total. The summed E-state index contributed by atoms with van der Waals surface area (Å²) in [6.45, 7) is 14.2. The Kier molecular flexibility index (Phi) is 9.28. The maximum Gasteiger partial charge on any atom is 0.408 e. The average molecular weight is 684 g/mol. The van der Waals surface area contributed by atoms with Crippen LogP contribution in [-0.4, -0.2) is 83.2 Å². The average Bonchev–Trinajstić information content (AvgIpc) is 3.91. The van der Waals surface area contributed by atoms with Crippen LogP contribution in [0.1, 0.15) is 67.2 Å². The van der Waals surface area contributed by atoms with Gasteiger partial charge in [0.25, 0.3) is 5.91 Å². The third-order valence-electron chi connectivity index (χ3n) is 8.79. The smallest absolute Gasteiger partial charge is 0.408 e. The highest BCUT2D eigenvalue weighted by Gasteiger charge is 2.62. The molecule has 2 aliphatic carbocycles. The van der Waals surface area contributed by atoms with Crippen molar-refractivity contribution in [3.05, 3.63) is 49.2 Å². The summed E-state index contributed by atoms with van der Waals surface area (Å²) in [7, 11) is -3.88. The zero-order chi connectivity index (χ0) is 35.2. The first-order valence-corrected chi connectivity index (χ1v) is 17.7. The van der Waals surface area contributed by atoms with Gasteiger partial charge in [0.2, 0.25) is 27.7 Å². The number of sulfonamides is 1. The third kappa shape index (κ3) is 7.58. The SMILES string of the molecule is C=C[C@@H]1C[C@]1(NC(=O)[C@@H]1C[C@@H](Oc2nccc3ccccc23)CN1C(=O)[C@@H](NC(=O)OC(C)(C)C)C(C)(C)C)C(=O)NS(=O)(=O)C1CC1. The number of benzene rings is 1. The second-order valence-corrected chi connectivity index (χ2v) is 16.9. The Morgan fingerprint density at radius 2 is 1.77 bits per heavy atom. The van der Waals surface area contributed by atoms with E-state index < -0.39 is 79.7 Å². The Morgan fingerprint density at radius 1 is 1.08 bits per heavy atom. The number of alkyl carbamates (subject to hydrolysis) is 1. The number of carbonyl (C=O) groups excluding carboxylic acids is 4. The fraction of sp³-hybridized carbons (Fsp3) is 0.559. The van der Waals surface area contributed by atoms with Gasteiger partial charge in [0, 0.05) is 23.9 Å².